The van der Waals surface area contributed by atoms with Gasteiger partial charge in [-0.2, -0.15) is 13.9 Å². The van der Waals surface area contributed by atoms with Crippen molar-refractivity contribution in [2.24, 2.45) is 0 Å². The summed E-state index contributed by atoms with van der Waals surface area (Å²) in [5.74, 6) is 0.0153. The Morgan fingerprint density at radius 2 is 2.15 bits per heavy atom. The lowest BCUT2D eigenvalue weighted by molar-refractivity contribution is -0.0497. The quantitative estimate of drug-likeness (QED) is 0.644. The van der Waals surface area contributed by atoms with Crippen molar-refractivity contribution < 1.29 is 18.3 Å². The van der Waals surface area contributed by atoms with Crippen LogP contribution in [0.2, 0.25) is 5.02 Å². The van der Waals surface area contributed by atoms with E-state index >= 15 is 0 Å². The Hall–Kier alpha value is -2.67. The highest BCUT2D eigenvalue weighted by molar-refractivity contribution is 6.32. The number of aromatic nitrogens is 2. The van der Waals surface area contributed by atoms with Crippen LogP contribution in [0, 0.1) is 0 Å². The summed E-state index contributed by atoms with van der Waals surface area (Å²) in [6.45, 7) is -2.63. The fourth-order valence-corrected chi connectivity index (χ4v) is 3.40. The molecule has 8 heteroatoms. The predicted octanol–water partition coefficient (Wildman–Crippen LogP) is 4.63. The molecule has 0 radical (unpaired) electrons. The van der Waals surface area contributed by atoms with Crippen LogP contribution in [0.3, 0.4) is 0 Å². The van der Waals surface area contributed by atoms with Gasteiger partial charge < -0.3 is 10.1 Å². The number of carbonyl (C=O) groups excluding carboxylic acids is 1. The third kappa shape index (κ3) is 3.73. The van der Waals surface area contributed by atoms with Gasteiger partial charge in [0, 0.05) is 17.5 Å². The number of rotatable bonds is 6. The number of fused-ring (bicyclic) bond motifs is 1. The smallest absolute Gasteiger partial charge is 0.387 e. The van der Waals surface area contributed by atoms with Crippen LogP contribution >= 0.6 is 11.6 Å². The van der Waals surface area contributed by atoms with Crippen molar-refractivity contribution in [2.45, 2.75) is 31.9 Å². The van der Waals surface area contributed by atoms with E-state index in [1.54, 1.807) is 6.20 Å². The Morgan fingerprint density at radius 3 is 2.85 bits per heavy atom. The predicted molar refractivity (Wildman–Crippen MR) is 97.3 cm³/mol. The fourth-order valence-electron chi connectivity index (χ4n) is 3.17. The highest BCUT2D eigenvalue weighted by Gasteiger charge is 2.27. The molecule has 0 bridgehead atoms. The lowest BCUT2D eigenvalue weighted by Gasteiger charge is -2.12. The van der Waals surface area contributed by atoms with Crippen molar-refractivity contribution >= 4 is 28.4 Å². The second kappa shape index (κ2) is 7.15. The highest BCUT2D eigenvalue weighted by atomic mass is 35.5. The number of ether oxygens (including phenoxy) is 1. The van der Waals surface area contributed by atoms with Gasteiger partial charge in [0.1, 0.15) is 5.75 Å². The third-order valence-corrected chi connectivity index (χ3v) is 4.92. The lowest BCUT2D eigenvalue weighted by atomic mass is 9.99. The number of amides is 1. The molecule has 1 fully saturated rings. The van der Waals surface area contributed by atoms with E-state index in [4.69, 9.17) is 11.6 Å². The average molecular weight is 392 g/mol. The van der Waals surface area contributed by atoms with Gasteiger partial charge in [-0.1, -0.05) is 17.7 Å². The Bertz CT molecular complexity index is 1000. The van der Waals surface area contributed by atoms with Crippen molar-refractivity contribution in [2.75, 3.05) is 0 Å². The maximum absolute atomic E-state index is 12.5. The molecule has 1 amide bonds. The number of carbonyl (C=O) groups is 1. The maximum Gasteiger partial charge on any atom is 0.387 e. The van der Waals surface area contributed by atoms with Crippen molar-refractivity contribution in [1.29, 1.82) is 0 Å². The summed E-state index contributed by atoms with van der Waals surface area (Å²) in [4.78, 5) is 12.5. The monoisotopic (exact) mass is 391 g/mol. The van der Waals surface area contributed by atoms with E-state index in [0.29, 0.717) is 12.5 Å². The molecular weight excluding hydrogens is 376 g/mol. The normalized spacial score (nSPS) is 13.9. The number of halogens is 3. The number of aromatic amines is 1. The van der Waals surface area contributed by atoms with Gasteiger partial charge >= 0.3 is 6.61 Å². The van der Waals surface area contributed by atoms with E-state index in [1.165, 1.54) is 23.8 Å². The van der Waals surface area contributed by atoms with Gasteiger partial charge in [0.2, 0.25) is 0 Å². The Labute approximate surface area is 158 Å². The maximum atomic E-state index is 12.5. The van der Waals surface area contributed by atoms with Crippen LogP contribution in [-0.4, -0.2) is 22.7 Å². The third-order valence-electron chi connectivity index (χ3n) is 4.62. The van der Waals surface area contributed by atoms with E-state index in [2.05, 4.69) is 26.3 Å². The summed E-state index contributed by atoms with van der Waals surface area (Å²) in [6.07, 6.45) is 4.05. The van der Waals surface area contributed by atoms with E-state index in [1.807, 2.05) is 6.07 Å². The average Bonchev–Trinajstić information content (AvgIpc) is 3.37. The minimum atomic E-state index is -2.97. The first-order chi connectivity index (χ1) is 13.0. The number of H-pyrrole nitrogens is 1. The number of benzene rings is 2. The number of nitrogens with zero attached hydrogens (tertiary/aromatic N) is 1. The molecule has 0 atom stereocenters. The molecule has 1 aromatic heterocycles. The molecule has 1 saturated carbocycles. The zero-order valence-corrected chi connectivity index (χ0v) is 14.9. The van der Waals surface area contributed by atoms with Gasteiger partial charge in [-0.05, 0) is 54.2 Å². The summed E-state index contributed by atoms with van der Waals surface area (Å²) in [6, 6.07) is 8.06. The molecule has 27 heavy (non-hydrogen) atoms. The van der Waals surface area contributed by atoms with E-state index < -0.39 is 6.61 Å². The molecule has 0 aliphatic heterocycles. The molecule has 1 heterocycles. The molecule has 2 aromatic carbocycles. The number of hydrogen-bond acceptors (Lipinski definition) is 3. The van der Waals surface area contributed by atoms with Crippen molar-refractivity contribution in [3.63, 3.8) is 0 Å². The molecule has 2 N–H and O–H groups in total. The minimum Gasteiger partial charge on any atom is -0.433 e. The molecule has 5 nitrogen and oxygen atoms in total. The van der Waals surface area contributed by atoms with Crippen LogP contribution in [0.25, 0.3) is 10.9 Å². The van der Waals surface area contributed by atoms with Gasteiger partial charge in [0.05, 0.1) is 16.7 Å². The first kappa shape index (κ1) is 17.7. The summed E-state index contributed by atoms with van der Waals surface area (Å²) in [5, 5.41) is 10.8. The SMILES string of the molecule is O=C(NCc1c(C2CC2)ccc2[nH]ncc12)c1ccc(OC(F)F)c(Cl)c1. The van der Waals surface area contributed by atoms with Crippen LogP contribution in [0.15, 0.2) is 36.5 Å². The van der Waals surface area contributed by atoms with Gasteiger partial charge in [-0.25, -0.2) is 0 Å². The summed E-state index contributed by atoms with van der Waals surface area (Å²) >= 11 is 5.92. The van der Waals surface area contributed by atoms with Gasteiger partial charge in [-0.3, -0.25) is 9.89 Å². The highest BCUT2D eigenvalue weighted by Crippen LogP contribution is 2.43. The van der Waals surface area contributed by atoms with Gasteiger partial charge in [0.15, 0.2) is 0 Å². The summed E-state index contributed by atoms with van der Waals surface area (Å²) in [7, 11) is 0. The molecule has 3 aromatic rings. The van der Waals surface area contributed by atoms with E-state index in [-0.39, 0.29) is 22.2 Å². The molecule has 0 spiro atoms. The lowest BCUT2D eigenvalue weighted by Crippen LogP contribution is -2.23. The zero-order chi connectivity index (χ0) is 19.0. The second-order valence-corrected chi connectivity index (χ2v) is 6.85. The van der Waals surface area contributed by atoms with Crippen LogP contribution in [0.4, 0.5) is 8.78 Å². The molecule has 0 saturated heterocycles. The first-order valence-electron chi connectivity index (χ1n) is 8.50. The van der Waals surface area contributed by atoms with Crippen molar-refractivity contribution in [3.05, 3.63) is 58.2 Å². The van der Waals surface area contributed by atoms with E-state index in [9.17, 15) is 13.6 Å². The van der Waals surface area contributed by atoms with Crippen LogP contribution in [0.5, 0.6) is 5.75 Å². The molecule has 0 unspecified atom stereocenters. The molecule has 1 aliphatic carbocycles. The minimum absolute atomic E-state index is 0.0430. The Morgan fingerprint density at radius 1 is 1.33 bits per heavy atom. The zero-order valence-electron chi connectivity index (χ0n) is 14.1. The van der Waals surface area contributed by atoms with Crippen LogP contribution in [-0.2, 0) is 6.54 Å². The topological polar surface area (TPSA) is 67.0 Å². The number of hydrogen-bond donors (Lipinski definition) is 2. The standard InChI is InChI=1S/C19H16ClF2N3O2/c20-15-7-11(3-6-17(15)27-19(21)22)18(26)23-8-13-12(10-1-2-10)4-5-16-14(13)9-24-25-16/h3-7,9-10,19H,1-2,8H2,(H,23,26)(H,24,25). The fraction of sp³-hybridized carbons (Fsp3) is 0.263. The van der Waals surface area contributed by atoms with Crippen LogP contribution in [0.1, 0.15) is 40.2 Å². The van der Waals surface area contributed by atoms with Crippen molar-refractivity contribution in [3.8, 4) is 5.75 Å². The Kier molecular flexibility index (Phi) is 4.70. The summed E-state index contributed by atoms with van der Waals surface area (Å²) < 4.78 is 28.9. The Balaban J connectivity index is 1.53. The van der Waals surface area contributed by atoms with Crippen LogP contribution < -0.4 is 10.1 Å². The largest absolute Gasteiger partial charge is 0.433 e. The number of nitrogens with one attached hydrogen (secondary N) is 2. The molecular formula is C19H16ClF2N3O2. The summed E-state index contributed by atoms with van der Waals surface area (Å²) in [5.41, 5.74) is 3.46. The second-order valence-electron chi connectivity index (χ2n) is 6.45. The van der Waals surface area contributed by atoms with E-state index in [0.717, 1.165) is 29.3 Å². The number of alkyl halides is 2. The molecule has 1 aliphatic rings. The van der Waals surface area contributed by atoms with Gasteiger partial charge in [-0.15, -0.1) is 0 Å². The molecule has 140 valence electrons. The first-order valence-corrected chi connectivity index (χ1v) is 8.88. The van der Waals surface area contributed by atoms with Crippen molar-refractivity contribution in [1.82, 2.24) is 15.5 Å². The van der Waals surface area contributed by atoms with Gasteiger partial charge in [0.25, 0.3) is 5.91 Å². The molecule has 4 rings (SSSR count).